The van der Waals surface area contributed by atoms with E-state index in [9.17, 15) is 14.0 Å². The summed E-state index contributed by atoms with van der Waals surface area (Å²) in [6.07, 6.45) is -0.393. The van der Waals surface area contributed by atoms with Crippen molar-refractivity contribution < 1.29 is 28.2 Å². The van der Waals surface area contributed by atoms with Crippen molar-refractivity contribution in [1.82, 2.24) is 5.32 Å². The van der Waals surface area contributed by atoms with Crippen LogP contribution in [0.5, 0.6) is 11.5 Å². The van der Waals surface area contributed by atoms with E-state index in [1.165, 1.54) is 25.1 Å². The highest BCUT2D eigenvalue weighted by atomic mass is 19.1. The van der Waals surface area contributed by atoms with Crippen LogP contribution >= 0.6 is 0 Å². The van der Waals surface area contributed by atoms with Crippen molar-refractivity contribution in [2.45, 2.75) is 19.4 Å². The molecule has 2 aromatic carbocycles. The molecule has 1 atom stereocenters. The fourth-order valence-corrected chi connectivity index (χ4v) is 2.43. The van der Waals surface area contributed by atoms with Gasteiger partial charge in [0.2, 0.25) is 6.79 Å². The SMILES string of the molecule is C[C@@H](OC(=O)c1ccc2c(c1)OCO2)C(=O)NCCc1ccc(F)cc1. The predicted molar refractivity (Wildman–Crippen MR) is 90.6 cm³/mol. The van der Waals surface area contributed by atoms with Crippen LogP contribution in [0.25, 0.3) is 0 Å². The molecular formula is C19H18FNO5. The number of ether oxygens (including phenoxy) is 3. The molecule has 0 unspecified atom stereocenters. The van der Waals surface area contributed by atoms with E-state index in [1.807, 2.05) is 0 Å². The van der Waals surface area contributed by atoms with Crippen LogP contribution in [-0.4, -0.2) is 31.3 Å². The van der Waals surface area contributed by atoms with Crippen LogP contribution in [0.3, 0.4) is 0 Å². The molecule has 3 rings (SSSR count). The third kappa shape index (κ3) is 4.30. The van der Waals surface area contributed by atoms with Crippen LogP contribution in [0, 0.1) is 5.82 Å². The van der Waals surface area contributed by atoms with Crippen molar-refractivity contribution in [2.75, 3.05) is 13.3 Å². The Bertz CT molecular complexity index is 806. The summed E-state index contributed by atoms with van der Waals surface area (Å²) in [4.78, 5) is 24.2. The summed E-state index contributed by atoms with van der Waals surface area (Å²) in [7, 11) is 0. The van der Waals surface area contributed by atoms with Crippen LogP contribution in [0.2, 0.25) is 0 Å². The molecule has 1 aliphatic rings. The second kappa shape index (κ2) is 7.86. The molecule has 0 saturated heterocycles. The smallest absolute Gasteiger partial charge is 0.339 e. The largest absolute Gasteiger partial charge is 0.454 e. The third-order valence-electron chi connectivity index (χ3n) is 3.89. The van der Waals surface area contributed by atoms with Gasteiger partial charge in [0, 0.05) is 6.54 Å². The van der Waals surface area contributed by atoms with E-state index in [-0.39, 0.29) is 18.2 Å². The number of benzene rings is 2. The first-order valence-corrected chi connectivity index (χ1v) is 8.16. The molecule has 0 fully saturated rings. The van der Waals surface area contributed by atoms with Crippen LogP contribution in [0.4, 0.5) is 4.39 Å². The predicted octanol–water partition coefficient (Wildman–Crippen LogP) is 2.46. The van der Waals surface area contributed by atoms with E-state index in [1.54, 1.807) is 24.3 Å². The molecule has 1 heterocycles. The summed E-state index contributed by atoms with van der Waals surface area (Å²) in [6.45, 7) is 1.97. The number of amides is 1. The zero-order chi connectivity index (χ0) is 18.5. The highest BCUT2D eigenvalue weighted by Crippen LogP contribution is 2.32. The van der Waals surface area contributed by atoms with E-state index in [4.69, 9.17) is 14.2 Å². The number of hydrogen-bond donors (Lipinski definition) is 1. The Morgan fingerprint density at radius 2 is 1.88 bits per heavy atom. The van der Waals surface area contributed by atoms with Crippen LogP contribution in [0.15, 0.2) is 42.5 Å². The number of fused-ring (bicyclic) bond motifs is 1. The lowest BCUT2D eigenvalue weighted by molar-refractivity contribution is -0.129. The lowest BCUT2D eigenvalue weighted by Crippen LogP contribution is -2.36. The number of carbonyl (C=O) groups is 2. The minimum Gasteiger partial charge on any atom is -0.454 e. The summed E-state index contributed by atoms with van der Waals surface area (Å²) in [6, 6.07) is 10.7. The summed E-state index contributed by atoms with van der Waals surface area (Å²) < 4.78 is 28.4. The van der Waals surface area contributed by atoms with Crippen molar-refractivity contribution in [3.8, 4) is 11.5 Å². The van der Waals surface area contributed by atoms with Gasteiger partial charge in [0.15, 0.2) is 17.6 Å². The maximum Gasteiger partial charge on any atom is 0.339 e. The zero-order valence-corrected chi connectivity index (χ0v) is 14.2. The van der Waals surface area contributed by atoms with Crippen LogP contribution in [-0.2, 0) is 16.0 Å². The summed E-state index contributed by atoms with van der Waals surface area (Å²) in [5, 5.41) is 2.69. The lowest BCUT2D eigenvalue weighted by atomic mass is 10.1. The molecule has 1 aliphatic heterocycles. The minimum absolute atomic E-state index is 0.112. The Morgan fingerprint density at radius 1 is 1.15 bits per heavy atom. The molecular weight excluding hydrogens is 341 g/mol. The molecule has 136 valence electrons. The standard InChI is InChI=1S/C19H18FNO5/c1-12(18(22)21-9-8-13-2-5-15(20)6-3-13)26-19(23)14-4-7-16-17(10-14)25-11-24-16/h2-7,10,12H,8-9,11H2,1H3,(H,21,22)/t12-/m1/s1. The number of rotatable bonds is 6. The van der Waals surface area contributed by atoms with Gasteiger partial charge in [-0.1, -0.05) is 12.1 Å². The third-order valence-corrected chi connectivity index (χ3v) is 3.89. The number of nitrogens with one attached hydrogen (secondary N) is 1. The molecule has 1 amide bonds. The van der Waals surface area contributed by atoms with Gasteiger partial charge in [0.1, 0.15) is 5.82 Å². The lowest BCUT2D eigenvalue weighted by Gasteiger charge is -2.13. The quantitative estimate of drug-likeness (QED) is 0.802. The molecule has 2 aromatic rings. The number of carbonyl (C=O) groups excluding carboxylic acids is 2. The molecule has 0 bridgehead atoms. The molecule has 0 aliphatic carbocycles. The van der Waals surface area contributed by atoms with Gasteiger partial charge >= 0.3 is 5.97 Å². The van der Waals surface area contributed by atoms with Crippen molar-refractivity contribution in [3.63, 3.8) is 0 Å². The summed E-state index contributed by atoms with van der Waals surface area (Å²) in [5.74, 6) is -0.295. The van der Waals surface area contributed by atoms with E-state index in [0.717, 1.165) is 5.56 Å². The topological polar surface area (TPSA) is 73.9 Å². The molecule has 26 heavy (non-hydrogen) atoms. The Kier molecular flexibility index (Phi) is 5.36. The summed E-state index contributed by atoms with van der Waals surface area (Å²) in [5.41, 5.74) is 1.18. The first kappa shape index (κ1) is 17.7. The van der Waals surface area contributed by atoms with Crippen molar-refractivity contribution in [2.24, 2.45) is 0 Å². The van der Waals surface area contributed by atoms with Gasteiger partial charge in [0.05, 0.1) is 5.56 Å². The fourth-order valence-electron chi connectivity index (χ4n) is 2.43. The van der Waals surface area contributed by atoms with Crippen molar-refractivity contribution in [1.29, 1.82) is 0 Å². The van der Waals surface area contributed by atoms with Crippen LogP contribution in [0.1, 0.15) is 22.8 Å². The number of halogens is 1. The van der Waals surface area contributed by atoms with Gasteiger partial charge in [-0.15, -0.1) is 0 Å². The van der Waals surface area contributed by atoms with Gasteiger partial charge in [-0.25, -0.2) is 9.18 Å². The second-order valence-corrected chi connectivity index (χ2v) is 5.78. The normalized spacial score (nSPS) is 13.2. The van der Waals surface area contributed by atoms with Gasteiger partial charge in [0.25, 0.3) is 5.91 Å². The monoisotopic (exact) mass is 359 g/mol. The minimum atomic E-state index is -0.943. The molecule has 7 heteroatoms. The van der Waals surface area contributed by atoms with Gasteiger partial charge in [-0.2, -0.15) is 0 Å². The molecule has 1 N–H and O–H groups in total. The molecule has 0 radical (unpaired) electrons. The maximum atomic E-state index is 12.8. The first-order chi connectivity index (χ1) is 12.5. The summed E-state index contributed by atoms with van der Waals surface area (Å²) >= 11 is 0. The highest BCUT2D eigenvalue weighted by Gasteiger charge is 2.21. The van der Waals surface area contributed by atoms with E-state index in [0.29, 0.717) is 24.5 Å². The van der Waals surface area contributed by atoms with Gasteiger partial charge < -0.3 is 19.5 Å². The Morgan fingerprint density at radius 3 is 2.65 bits per heavy atom. The Balaban J connectivity index is 1.47. The van der Waals surface area contributed by atoms with Gasteiger partial charge in [-0.3, -0.25) is 4.79 Å². The fraction of sp³-hybridized carbons (Fsp3) is 0.263. The average Bonchev–Trinajstić information content (AvgIpc) is 3.10. The van der Waals surface area contributed by atoms with Crippen molar-refractivity contribution in [3.05, 3.63) is 59.4 Å². The van der Waals surface area contributed by atoms with Gasteiger partial charge in [-0.05, 0) is 49.2 Å². The van der Waals surface area contributed by atoms with Crippen molar-refractivity contribution >= 4 is 11.9 Å². The zero-order valence-electron chi connectivity index (χ0n) is 14.2. The highest BCUT2D eigenvalue weighted by molar-refractivity contribution is 5.92. The first-order valence-electron chi connectivity index (χ1n) is 8.16. The Hall–Kier alpha value is -3.09. The maximum absolute atomic E-state index is 12.8. The molecule has 0 saturated carbocycles. The van der Waals surface area contributed by atoms with Crippen LogP contribution < -0.4 is 14.8 Å². The number of hydrogen-bond acceptors (Lipinski definition) is 5. The Labute approximate surface area is 149 Å². The van der Waals surface area contributed by atoms with E-state index < -0.39 is 18.0 Å². The number of esters is 1. The average molecular weight is 359 g/mol. The molecule has 6 nitrogen and oxygen atoms in total. The van der Waals surface area contributed by atoms with E-state index >= 15 is 0 Å². The second-order valence-electron chi connectivity index (χ2n) is 5.78. The van der Waals surface area contributed by atoms with E-state index in [2.05, 4.69) is 5.32 Å². The molecule has 0 spiro atoms. The molecule has 0 aromatic heterocycles.